The highest BCUT2D eigenvalue weighted by molar-refractivity contribution is 6.02. The van der Waals surface area contributed by atoms with Crippen molar-refractivity contribution in [2.45, 2.75) is 25.3 Å². The number of carbonyl (C=O) groups is 1. The zero-order valence-electron chi connectivity index (χ0n) is 8.70. The average Bonchev–Trinajstić information content (AvgIpc) is 2.87. The molecule has 1 saturated heterocycles. The Morgan fingerprint density at radius 3 is 2.87 bits per heavy atom. The summed E-state index contributed by atoms with van der Waals surface area (Å²) in [6, 6.07) is 8.46. The molecule has 0 bridgehead atoms. The fourth-order valence-corrected chi connectivity index (χ4v) is 2.85. The van der Waals surface area contributed by atoms with Gasteiger partial charge in [-0.25, -0.2) is 0 Å². The normalized spacial score (nSPS) is 29.5. The standard InChI is InChI=1S/C13H15NO/c15-13-10-5-2-1-4-9(10)8-11(13)12-6-3-7-14-12/h1-2,4-5,11-12,14H,3,6-8H2/t11-,12+/m0/s1. The lowest BCUT2D eigenvalue weighted by Gasteiger charge is -2.16. The maximum absolute atomic E-state index is 12.1. The van der Waals surface area contributed by atoms with Gasteiger partial charge in [-0.1, -0.05) is 24.3 Å². The molecule has 15 heavy (non-hydrogen) atoms. The van der Waals surface area contributed by atoms with Crippen molar-refractivity contribution >= 4 is 5.78 Å². The van der Waals surface area contributed by atoms with Gasteiger partial charge in [-0.05, 0) is 31.4 Å². The van der Waals surface area contributed by atoms with Crippen LogP contribution in [0, 0.1) is 5.92 Å². The van der Waals surface area contributed by atoms with E-state index in [0.717, 1.165) is 24.9 Å². The summed E-state index contributed by atoms with van der Waals surface area (Å²) < 4.78 is 0. The van der Waals surface area contributed by atoms with Crippen molar-refractivity contribution < 1.29 is 4.79 Å². The second kappa shape index (κ2) is 3.46. The second-order valence-electron chi connectivity index (χ2n) is 4.53. The van der Waals surface area contributed by atoms with Gasteiger partial charge in [-0.3, -0.25) is 4.79 Å². The molecule has 3 rings (SSSR count). The summed E-state index contributed by atoms with van der Waals surface area (Å²) in [5.74, 6) is 0.551. The Balaban J connectivity index is 1.89. The molecule has 1 aliphatic heterocycles. The van der Waals surface area contributed by atoms with Crippen molar-refractivity contribution in [3.63, 3.8) is 0 Å². The van der Waals surface area contributed by atoms with Gasteiger partial charge in [0.1, 0.15) is 0 Å². The van der Waals surface area contributed by atoms with Crippen LogP contribution in [0.3, 0.4) is 0 Å². The first-order chi connectivity index (χ1) is 7.36. The predicted octanol–water partition coefficient (Wildman–Crippen LogP) is 1.79. The SMILES string of the molecule is O=C1c2ccccc2C[C@H]1[C@H]1CCCN1. The maximum Gasteiger partial charge on any atom is 0.168 e. The third-order valence-electron chi connectivity index (χ3n) is 3.64. The maximum atomic E-state index is 12.1. The van der Waals surface area contributed by atoms with Crippen LogP contribution in [0.15, 0.2) is 24.3 Å². The Bertz CT molecular complexity index is 393. The number of fused-ring (bicyclic) bond motifs is 1. The van der Waals surface area contributed by atoms with Crippen molar-refractivity contribution in [3.8, 4) is 0 Å². The number of hydrogen-bond donors (Lipinski definition) is 1. The van der Waals surface area contributed by atoms with E-state index < -0.39 is 0 Å². The molecule has 2 nitrogen and oxygen atoms in total. The number of carbonyl (C=O) groups excluding carboxylic acids is 1. The van der Waals surface area contributed by atoms with Gasteiger partial charge < -0.3 is 5.32 Å². The van der Waals surface area contributed by atoms with Crippen molar-refractivity contribution in [2.24, 2.45) is 5.92 Å². The molecule has 2 atom stereocenters. The smallest absolute Gasteiger partial charge is 0.168 e. The van der Waals surface area contributed by atoms with Crippen LogP contribution in [-0.2, 0) is 6.42 Å². The molecular formula is C13H15NO. The number of rotatable bonds is 1. The molecule has 78 valence electrons. The van der Waals surface area contributed by atoms with E-state index in [1.54, 1.807) is 0 Å². The van der Waals surface area contributed by atoms with Crippen LogP contribution in [0.1, 0.15) is 28.8 Å². The Kier molecular flexibility index (Phi) is 2.10. The molecule has 0 amide bonds. The highest BCUT2D eigenvalue weighted by atomic mass is 16.1. The van der Waals surface area contributed by atoms with Crippen LogP contribution < -0.4 is 5.32 Å². The average molecular weight is 201 g/mol. The number of hydrogen-bond acceptors (Lipinski definition) is 2. The number of nitrogens with one attached hydrogen (secondary N) is 1. The van der Waals surface area contributed by atoms with E-state index in [2.05, 4.69) is 11.4 Å². The summed E-state index contributed by atoms with van der Waals surface area (Å²) in [5, 5.41) is 3.44. The van der Waals surface area contributed by atoms with Gasteiger partial charge in [0, 0.05) is 17.5 Å². The fourth-order valence-electron chi connectivity index (χ4n) is 2.85. The van der Waals surface area contributed by atoms with Crippen LogP contribution in [0.2, 0.25) is 0 Å². The van der Waals surface area contributed by atoms with E-state index >= 15 is 0 Å². The molecule has 0 saturated carbocycles. The third-order valence-corrected chi connectivity index (χ3v) is 3.64. The van der Waals surface area contributed by atoms with E-state index in [1.165, 1.54) is 12.0 Å². The van der Waals surface area contributed by atoms with Crippen LogP contribution in [0.4, 0.5) is 0 Å². The molecule has 0 unspecified atom stereocenters. The number of benzene rings is 1. The Morgan fingerprint density at radius 1 is 1.27 bits per heavy atom. The molecule has 2 aliphatic rings. The van der Waals surface area contributed by atoms with Gasteiger partial charge in [-0.15, -0.1) is 0 Å². The Morgan fingerprint density at radius 2 is 2.13 bits per heavy atom. The van der Waals surface area contributed by atoms with Crippen molar-refractivity contribution in [1.29, 1.82) is 0 Å². The van der Waals surface area contributed by atoms with Crippen LogP contribution in [-0.4, -0.2) is 18.4 Å². The molecule has 2 heteroatoms. The molecule has 1 aliphatic carbocycles. The van der Waals surface area contributed by atoms with Gasteiger partial charge in [0.05, 0.1) is 0 Å². The van der Waals surface area contributed by atoms with E-state index in [-0.39, 0.29) is 5.92 Å². The van der Waals surface area contributed by atoms with Gasteiger partial charge in [0.2, 0.25) is 0 Å². The summed E-state index contributed by atoms with van der Waals surface area (Å²) >= 11 is 0. The summed E-state index contributed by atoms with van der Waals surface area (Å²) in [7, 11) is 0. The number of Topliss-reactive ketones (excluding diaryl/α,β-unsaturated/α-hetero) is 1. The fraction of sp³-hybridized carbons (Fsp3) is 0.462. The van der Waals surface area contributed by atoms with Gasteiger partial charge in [-0.2, -0.15) is 0 Å². The van der Waals surface area contributed by atoms with Gasteiger partial charge in [0.25, 0.3) is 0 Å². The third kappa shape index (κ3) is 1.40. The molecular weight excluding hydrogens is 186 g/mol. The van der Waals surface area contributed by atoms with E-state index in [1.807, 2.05) is 18.2 Å². The highest BCUT2D eigenvalue weighted by Gasteiger charge is 2.36. The van der Waals surface area contributed by atoms with Gasteiger partial charge in [0.15, 0.2) is 5.78 Å². The Hall–Kier alpha value is -1.15. The van der Waals surface area contributed by atoms with E-state index in [4.69, 9.17) is 0 Å². The molecule has 0 spiro atoms. The highest BCUT2D eigenvalue weighted by Crippen LogP contribution is 2.31. The molecule has 1 fully saturated rings. The zero-order chi connectivity index (χ0) is 10.3. The van der Waals surface area contributed by atoms with Crippen molar-refractivity contribution in [3.05, 3.63) is 35.4 Å². The number of ketones is 1. The van der Waals surface area contributed by atoms with E-state index in [0.29, 0.717) is 11.8 Å². The first-order valence-electron chi connectivity index (χ1n) is 5.72. The first kappa shape index (κ1) is 9.10. The molecule has 1 aromatic carbocycles. The lowest BCUT2D eigenvalue weighted by Crippen LogP contribution is -2.33. The minimum atomic E-state index is 0.199. The van der Waals surface area contributed by atoms with Crippen molar-refractivity contribution in [1.82, 2.24) is 5.32 Å². The second-order valence-corrected chi connectivity index (χ2v) is 4.53. The van der Waals surface area contributed by atoms with Crippen LogP contribution in [0.25, 0.3) is 0 Å². The predicted molar refractivity (Wildman–Crippen MR) is 59.0 cm³/mol. The van der Waals surface area contributed by atoms with Gasteiger partial charge >= 0.3 is 0 Å². The molecule has 1 aromatic rings. The summed E-state index contributed by atoms with van der Waals surface area (Å²) in [4.78, 5) is 12.1. The molecule has 0 aromatic heterocycles. The lowest BCUT2D eigenvalue weighted by atomic mass is 9.94. The van der Waals surface area contributed by atoms with Crippen molar-refractivity contribution in [2.75, 3.05) is 6.54 Å². The first-order valence-corrected chi connectivity index (χ1v) is 5.72. The summed E-state index contributed by atoms with van der Waals surface area (Å²) in [5.41, 5.74) is 2.19. The quantitative estimate of drug-likeness (QED) is 0.750. The Labute approximate surface area is 89.7 Å². The minimum Gasteiger partial charge on any atom is -0.313 e. The van der Waals surface area contributed by atoms with E-state index in [9.17, 15) is 4.79 Å². The largest absolute Gasteiger partial charge is 0.313 e. The monoisotopic (exact) mass is 201 g/mol. The topological polar surface area (TPSA) is 29.1 Å². The van der Waals surface area contributed by atoms with Crippen LogP contribution >= 0.6 is 0 Å². The summed E-state index contributed by atoms with van der Waals surface area (Å²) in [6.07, 6.45) is 3.31. The minimum absolute atomic E-state index is 0.199. The zero-order valence-corrected chi connectivity index (χ0v) is 8.70. The van der Waals surface area contributed by atoms with Crippen LogP contribution in [0.5, 0.6) is 0 Å². The molecule has 1 heterocycles. The lowest BCUT2D eigenvalue weighted by molar-refractivity contribution is 0.0914. The molecule has 0 radical (unpaired) electrons. The summed E-state index contributed by atoms with van der Waals surface area (Å²) in [6.45, 7) is 1.07. The molecule has 1 N–H and O–H groups in total.